The molecule has 124 valence electrons. The Morgan fingerprint density at radius 2 is 1.78 bits per heavy atom. The van der Waals surface area contributed by atoms with E-state index in [1.807, 2.05) is 36.9 Å². The number of rotatable bonds is 8. The van der Waals surface area contributed by atoms with Crippen LogP contribution in [0.25, 0.3) is 0 Å². The van der Waals surface area contributed by atoms with Crippen LogP contribution in [0.2, 0.25) is 0 Å². The van der Waals surface area contributed by atoms with Crippen LogP contribution in [-0.2, 0) is 17.9 Å². The maximum Gasteiger partial charge on any atom is 0.239 e. The van der Waals surface area contributed by atoms with Crippen molar-refractivity contribution >= 4 is 17.2 Å². The Kier molecular flexibility index (Phi) is 6.81. The smallest absolute Gasteiger partial charge is 0.239 e. The third-order valence-electron chi connectivity index (χ3n) is 4.16. The molecule has 0 N–H and O–H groups in total. The van der Waals surface area contributed by atoms with Gasteiger partial charge in [-0.3, -0.25) is 9.69 Å². The number of hydrogen-bond donors (Lipinski definition) is 0. The van der Waals surface area contributed by atoms with Gasteiger partial charge < -0.3 is 4.90 Å². The molecule has 0 saturated carbocycles. The maximum atomic E-state index is 12.9. The van der Waals surface area contributed by atoms with Gasteiger partial charge in [-0.15, -0.1) is 11.3 Å². The number of nitrogens with zero attached hydrogens (tertiary/aromatic N) is 2. The van der Waals surface area contributed by atoms with Gasteiger partial charge in [0.05, 0.1) is 6.04 Å². The third-order valence-corrected chi connectivity index (χ3v) is 5.02. The molecule has 0 radical (unpaired) electrons. The predicted octanol–water partition coefficient (Wildman–Crippen LogP) is 4.01. The molecule has 23 heavy (non-hydrogen) atoms. The summed E-state index contributed by atoms with van der Waals surface area (Å²) in [6, 6.07) is 14.3. The lowest BCUT2D eigenvalue weighted by Gasteiger charge is -2.31. The van der Waals surface area contributed by atoms with Gasteiger partial charge in [0.1, 0.15) is 0 Å². The molecule has 0 spiro atoms. The number of hydrogen-bond acceptors (Lipinski definition) is 3. The molecular formula is C19H26N2OS. The number of thiophene rings is 1. The quantitative estimate of drug-likeness (QED) is 0.730. The first-order valence-electron chi connectivity index (χ1n) is 8.24. The van der Waals surface area contributed by atoms with E-state index in [0.717, 1.165) is 19.6 Å². The van der Waals surface area contributed by atoms with Crippen LogP contribution in [0.5, 0.6) is 0 Å². The number of amides is 1. The Hall–Kier alpha value is -1.65. The standard InChI is InChI=1S/C19H26N2OS/c1-4-20(15-18-12-9-13-23-18)16(3)19(22)21(5-2)14-17-10-7-6-8-11-17/h6-13,16H,4-5,14-15H2,1-3H3. The maximum absolute atomic E-state index is 12.9. The lowest BCUT2D eigenvalue weighted by molar-refractivity contribution is -0.137. The van der Waals surface area contributed by atoms with Gasteiger partial charge in [0.15, 0.2) is 0 Å². The van der Waals surface area contributed by atoms with Crippen molar-refractivity contribution in [2.45, 2.75) is 39.9 Å². The van der Waals surface area contributed by atoms with Crippen LogP contribution in [0.4, 0.5) is 0 Å². The van der Waals surface area contributed by atoms with E-state index in [2.05, 4.69) is 41.5 Å². The Morgan fingerprint density at radius 1 is 1.04 bits per heavy atom. The number of carbonyl (C=O) groups excluding carboxylic acids is 1. The number of benzene rings is 1. The van der Waals surface area contributed by atoms with Crippen LogP contribution in [0.3, 0.4) is 0 Å². The van der Waals surface area contributed by atoms with E-state index in [-0.39, 0.29) is 11.9 Å². The van der Waals surface area contributed by atoms with Crippen LogP contribution in [0, 0.1) is 0 Å². The molecular weight excluding hydrogens is 304 g/mol. The van der Waals surface area contributed by atoms with Gasteiger partial charge in [-0.05, 0) is 37.4 Å². The highest BCUT2D eigenvalue weighted by Gasteiger charge is 2.24. The average Bonchev–Trinajstić information content (AvgIpc) is 3.10. The van der Waals surface area contributed by atoms with Crippen LogP contribution in [0.15, 0.2) is 47.8 Å². The molecule has 0 fully saturated rings. The van der Waals surface area contributed by atoms with Gasteiger partial charge in [-0.1, -0.05) is 43.3 Å². The van der Waals surface area contributed by atoms with Gasteiger partial charge in [-0.25, -0.2) is 0 Å². The summed E-state index contributed by atoms with van der Waals surface area (Å²) in [5.74, 6) is 0.203. The highest BCUT2D eigenvalue weighted by molar-refractivity contribution is 7.09. The first-order chi connectivity index (χ1) is 11.2. The van der Waals surface area contributed by atoms with E-state index in [4.69, 9.17) is 0 Å². The van der Waals surface area contributed by atoms with E-state index in [0.29, 0.717) is 6.54 Å². The molecule has 0 aliphatic heterocycles. The minimum atomic E-state index is -0.106. The fraction of sp³-hybridized carbons (Fsp3) is 0.421. The molecule has 1 amide bonds. The van der Waals surface area contributed by atoms with Crippen molar-refractivity contribution in [2.75, 3.05) is 13.1 Å². The Balaban J connectivity index is 2.02. The minimum absolute atomic E-state index is 0.106. The fourth-order valence-corrected chi connectivity index (χ4v) is 3.42. The summed E-state index contributed by atoms with van der Waals surface area (Å²) in [6.07, 6.45) is 0. The zero-order valence-electron chi connectivity index (χ0n) is 14.2. The van der Waals surface area contributed by atoms with Crippen LogP contribution in [0.1, 0.15) is 31.2 Å². The molecule has 1 unspecified atom stereocenters. The van der Waals surface area contributed by atoms with Crippen molar-refractivity contribution in [3.8, 4) is 0 Å². The third kappa shape index (κ3) is 4.91. The van der Waals surface area contributed by atoms with Crippen molar-refractivity contribution in [3.63, 3.8) is 0 Å². The summed E-state index contributed by atoms with van der Waals surface area (Å²) in [5, 5.41) is 2.09. The zero-order valence-corrected chi connectivity index (χ0v) is 15.1. The van der Waals surface area contributed by atoms with Crippen molar-refractivity contribution < 1.29 is 4.79 Å². The predicted molar refractivity (Wildman–Crippen MR) is 97.4 cm³/mol. The van der Waals surface area contributed by atoms with Crippen molar-refractivity contribution in [1.29, 1.82) is 0 Å². The van der Waals surface area contributed by atoms with Gasteiger partial charge in [0, 0.05) is 24.5 Å². The van der Waals surface area contributed by atoms with Crippen LogP contribution >= 0.6 is 11.3 Å². The second-order valence-corrected chi connectivity index (χ2v) is 6.69. The Morgan fingerprint density at radius 3 is 2.35 bits per heavy atom. The average molecular weight is 330 g/mol. The SMILES string of the molecule is CCN(Cc1ccccc1)C(=O)C(C)N(CC)Cc1cccs1. The molecule has 3 nitrogen and oxygen atoms in total. The monoisotopic (exact) mass is 330 g/mol. The fourth-order valence-electron chi connectivity index (χ4n) is 2.70. The molecule has 0 saturated heterocycles. The first kappa shape index (κ1) is 17.7. The molecule has 0 aliphatic rings. The summed E-state index contributed by atoms with van der Waals surface area (Å²) in [6.45, 7) is 9.30. The second kappa shape index (κ2) is 8.85. The molecule has 2 rings (SSSR count). The van der Waals surface area contributed by atoms with E-state index >= 15 is 0 Å². The lowest BCUT2D eigenvalue weighted by atomic mass is 10.1. The van der Waals surface area contributed by atoms with Gasteiger partial charge >= 0.3 is 0 Å². The normalized spacial score (nSPS) is 12.3. The Labute approximate surface area is 143 Å². The van der Waals surface area contributed by atoms with Crippen LogP contribution < -0.4 is 0 Å². The summed E-state index contributed by atoms with van der Waals surface area (Å²) in [4.78, 5) is 18.4. The minimum Gasteiger partial charge on any atom is -0.337 e. The van der Waals surface area contributed by atoms with Gasteiger partial charge in [-0.2, -0.15) is 0 Å². The van der Waals surface area contributed by atoms with E-state index < -0.39 is 0 Å². The molecule has 0 aliphatic carbocycles. The zero-order chi connectivity index (χ0) is 16.7. The van der Waals surface area contributed by atoms with E-state index in [9.17, 15) is 4.79 Å². The number of likely N-dealkylation sites (N-methyl/N-ethyl adjacent to an activating group) is 2. The van der Waals surface area contributed by atoms with E-state index in [1.165, 1.54) is 10.4 Å². The molecule has 1 heterocycles. The highest BCUT2D eigenvalue weighted by Crippen LogP contribution is 2.16. The number of carbonyl (C=O) groups is 1. The van der Waals surface area contributed by atoms with Crippen LogP contribution in [-0.4, -0.2) is 34.8 Å². The highest BCUT2D eigenvalue weighted by atomic mass is 32.1. The van der Waals surface area contributed by atoms with Crippen molar-refractivity contribution in [3.05, 3.63) is 58.3 Å². The molecule has 0 bridgehead atoms. The van der Waals surface area contributed by atoms with Gasteiger partial charge in [0.2, 0.25) is 5.91 Å². The molecule has 1 aromatic carbocycles. The van der Waals surface area contributed by atoms with E-state index in [1.54, 1.807) is 11.3 Å². The summed E-state index contributed by atoms with van der Waals surface area (Å²) < 4.78 is 0. The van der Waals surface area contributed by atoms with Crippen molar-refractivity contribution in [1.82, 2.24) is 9.80 Å². The Bertz CT molecular complexity index is 583. The second-order valence-electron chi connectivity index (χ2n) is 5.66. The molecule has 1 aromatic heterocycles. The largest absolute Gasteiger partial charge is 0.337 e. The topological polar surface area (TPSA) is 23.6 Å². The lowest BCUT2D eigenvalue weighted by Crippen LogP contribution is -2.46. The first-order valence-corrected chi connectivity index (χ1v) is 9.12. The molecule has 4 heteroatoms. The summed E-state index contributed by atoms with van der Waals surface area (Å²) in [5.41, 5.74) is 1.18. The molecule has 2 aromatic rings. The summed E-state index contributed by atoms with van der Waals surface area (Å²) in [7, 11) is 0. The summed E-state index contributed by atoms with van der Waals surface area (Å²) >= 11 is 1.75. The molecule has 1 atom stereocenters. The van der Waals surface area contributed by atoms with Crippen molar-refractivity contribution in [2.24, 2.45) is 0 Å². The van der Waals surface area contributed by atoms with Gasteiger partial charge in [0.25, 0.3) is 0 Å².